The summed E-state index contributed by atoms with van der Waals surface area (Å²) in [6.07, 6.45) is 8.37. The summed E-state index contributed by atoms with van der Waals surface area (Å²) in [7, 11) is -5.73. The first kappa shape index (κ1) is 56.6. The molecule has 17 nitrogen and oxygen atoms in total. The Labute approximate surface area is 455 Å². The molecule has 2 unspecified atom stereocenters. The summed E-state index contributed by atoms with van der Waals surface area (Å²) in [6.45, 7) is 9.35. The van der Waals surface area contributed by atoms with Gasteiger partial charge < -0.3 is 20.6 Å². The number of nitrogens with one attached hydrogen (secondary N) is 4. The fourth-order valence-electron chi connectivity index (χ4n) is 9.55. The predicted octanol–water partition coefficient (Wildman–Crippen LogP) is 8.17. The molecule has 0 spiro atoms. The maximum absolute atomic E-state index is 15.0. The van der Waals surface area contributed by atoms with Crippen LogP contribution in [0, 0.1) is 0 Å². The van der Waals surface area contributed by atoms with Gasteiger partial charge in [0.2, 0.25) is 11.8 Å². The van der Waals surface area contributed by atoms with Crippen molar-refractivity contribution in [1.82, 2.24) is 29.6 Å². The lowest BCUT2D eigenvalue weighted by molar-refractivity contribution is -0.134. The maximum atomic E-state index is 15.0. The molecule has 0 aliphatic carbocycles. The highest BCUT2D eigenvalue weighted by molar-refractivity contribution is 7.93. The van der Waals surface area contributed by atoms with E-state index < -0.39 is 43.9 Å². The number of rotatable bonds is 25. The molecule has 0 radical (unpaired) electrons. The number of piperazine rings is 2. The molecule has 2 saturated heterocycles. The third kappa shape index (κ3) is 15.1. The van der Waals surface area contributed by atoms with Gasteiger partial charge in [-0.2, -0.15) is 0 Å². The van der Waals surface area contributed by atoms with E-state index in [1.165, 1.54) is 22.7 Å². The number of β-amino-alcohol motifs (C(OH)–C–C–N with tert-alkyl or cyclic N) is 1. The number of likely N-dealkylation sites (N-methyl/N-ethyl adjacent to an activating group) is 1. The first-order valence-corrected chi connectivity index (χ1v) is 30.9. The monoisotopic (exact) mass is 1110 g/mol. The Morgan fingerprint density at radius 3 is 1.42 bits per heavy atom. The number of thiazole rings is 2. The van der Waals surface area contributed by atoms with Crippen LogP contribution in [0.1, 0.15) is 63.5 Å². The first-order valence-electron chi connectivity index (χ1n) is 26.2. The minimum Gasteiger partial charge on any atom is -0.395 e. The molecule has 5 N–H and O–H groups in total. The van der Waals surface area contributed by atoms with Crippen molar-refractivity contribution in [3.05, 3.63) is 119 Å². The minimum atomic E-state index is -3.88. The minimum absolute atomic E-state index is 0.00778. The lowest BCUT2D eigenvalue weighted by atomic mass is 10.00. The van der Waals surface area contributed by atoms with Crippen LogP contribution in [0.25, 0.3) is 22.5 Å². The van der Waals surface area contributed by atoms with Crippen molar-refractivity contribution in [3.63, 3.8) is 0 Å². The van der Waals surface area contributed by atoms with Crippen LogP contribution in [0.3, 0.4) is 0 Å². The van der Waals surface area contributed by atoms with Gasteiger partial charge in [-0.15, -0.1) is 22.7 Å². The molecular formula is C55H70N10O7S4. The topological polar surface area (TPSA) is 210 Å². The number of sulfonamides is 2. The lowest BCUT2D eigenvalue weighted by Gasteiger charge is -2.45. The van der Waals surface area contributed by atoms with E-state index in [2.05, 4.69) is 48.6 Å². The fourth-order valence-corrected chi connectivity index (χ4v) is 13.1. The van der Waals surface area contributed by atoms with E-state index in [1.54, 1.807) is 71.4 Å². The molecule has 2 amide bonds. The van der Waals surface area contributed by atoms with Gasteiger partial charge in [-0.3, -0.25) is 33.7 Å². The Morgan fingerprint density at radius 1 is 0.592 bits per heavy atom. The number of benzene rings is 4. The molecular weight excluding hydrogens is 1040 g/mol. The second-order valence-electron chi connectivity index (χ2n) is 19.5. The van der Waals surface area contributed by atoms with Crippen LogP contribution in [-0.2, 0) is 42.5 Å². The van der Waals surface area contributed by atoms with Crippen molar-refractivity contribution in [2.45, 2.75) is 87.1 Å². The normalized spacial score (nSPS) is 16.0. The molecule has 2 atom stereocenters. The summed E-state index contributed by atoms with van der Waals surface area (Å²) in [5, 5.41) is 20.1. The Morgan fingerprint density at radius 2 is 1.01 bits per heavy atom. The highest BCUT2D eigenvalue weighted by Gasteiger charge is 2.44. The van der Waals surface area contributed by atoms with E-state index in [0.717, 1.165) is 62.5 Å². The standard InChI is InChI=1S/C55H70N10O7S4/c1-4-6-8-12-40-18-22-46(23-19-40)75(69,70)60-44-16-10-14-42(36-44)48-38-73-54(56-48)58-52(67)50(64-30-26-62(3)27-31-64)51(65-32-28-63(29-33-65)34-35-66)53(68)59-55-57-49(39-74-55)43-15-11-17-45(37-43)61-76(71,72)47-24-20-41(21-25-47)13-9-7-5-2/h10-11,14-25,36-39,50-51,60-61,66H,4-9,12-13,26-35H2,1-3H3,(H,56,58,67)(H,57,59,68). The average molecular weight is 1110 g/mol. The van der Waals surface area contributed by atoms with Gasteiger partial charge in [-0.25, -0.2) is 26.8 Å². The van der Waals surface area contributed by atoms with Gasteiger partial charge in [0.25, 0.3) is 20.0 Å². The fraction of sp³-hybridized carbons (Fsp3) is 0.418. The largest absolute Gasteiger partial charge is 0.395 e. The van der Waals surface area contributed by atoms with Gasteiger partial charge >= 0.3 is 0 Å². The van der Waals surface area contributed by atoms with Crippen molar-refractivity contribution >= 4 is 76.2 Å². The second kappa shape index (κ2) is 26.6. The molecule has 21 heteroatoms. The smallest absolute Gasteiger partial charge is 0.261 e. The molecule has 4 heterocycles. The number of aliphatic hydroxyl groups is 1. The van der Waals surface area contributed by atoms with Crippen LogP contribution < -0.4 is 20.1 Å². The molecule has 2 aliphatic heterocycles. The van der Waals surface area contributed by atoms with Crippen molar-refractivity contribution in [2.24, 2.45) is 0 Å². The molecule has 406 valence electrons. The number of aryl methyl sites for hydroxylation is 2. The van der Waals surface area contributed by atoms with Gasteiger partial charge in [0.1, 0.15) is 12.1 Å². The Kier molecular flexibility index (Phi) is 19.8. The highest BCUT2D eigenvalue weighted by Crippen LogP contribution is 2.31. The van der Waals surface area contributed by atoms with Gasteiger partial charge in [0.15, 0.2) is 10.3 Å². The van der Waals surface area contributed by atoms with Gasteiger partial charge in [0, 0.05) is 92.2 Å². The predicted molar refractivity (Wildman–Crippen MR) is 305 cm³/mol. The number of unbranched alkanes of at least 4 members (excludes halogenated alkanes) is 4. The molecule has 0 bridgehead atoms. The van der Waals surface area contributed by atoms with E-state index in [4.69, 9.17) is 9.97 Å². The molecule has 4 aromatic carbocycles. The van der Waals surface area contributed by atoms with Gasteiger partial charge in [-0.05, 0) is 92.4 Å². The summed E-state index contributed by atoms with van der Waals surface area (Å²) < 4.78 is 59.2. The van der Waals surface area contributed by atoms with Gasteiger partial charge in [-0.1, -0.05) is 88.1 Å². The number of aromatic nitrogens is 2. The van der Waals surface area contributed by atoms with Crippen LogP contribution in [-0.4, -0.2) is 148 Å². The zero-order chi connectivity index (χ0) is 53.7. The van der Waals surface area contributed by atoms with Crippen LogP contribution in [0.15, 0.2) is 118 Å². The van der Waals surface area contributed by atoms with E-state index >= 15 is 0 Å². The summed E-state index contributed by atoms with van der Waals surface area (Å²) in [5.74, 6) is -0.807. The van der Waals surface area contributed by atoms with Crippen molar-refractivity contribution in [3.8, 4) is 22.5 Å². The summed E-state index contributed by atoms with van der Waals surface area (Å²) in [6, 6.07) is 26.0. The Bertz CT molecular complexity index is 3080. The average Bonchev–Trinajstić information content (AvgIpc) is 4.10. The Hall–Kier alpha value is -5.62. The highest BCUT2D eigenvalue weighted by atomic mass is 32.2. The van der Waals surface area contributed by atoms with E-state index in [9.17, 15) is 31.5 Å². The first-order chi connectivity index (χ1) is 36.7. The van der Waals surface area contributed by atoms with Crippen LogP contribution in [0.4, 0.5) is 21.6 Å². The molecule has 0 saturated carbocycles. The summed E-state index contributed by atoms with van der Waals surface area (Å²) >= 11 is 2.46. The van der Waals surface area contributed by atoms with E-state index in [-0.39, 0.29) is 16.4 Å². The van der Waals surface area contributed by atoms with Crippen molar-refractivity contribution in [2.75, 3.05) is 92.6 Å². The van der Waals surface area contributed by atoms with E-state index in [0.29, 0.717) is 103 Å². The molecule has 8 rings (SSSR count). The Balaban J connectivity index is 0.992. The number of hydrogen-bond acceptors (Lipinski definition) is 15. The SMILES string of the molecule is CCCCCc1ccc(S(=O)(=O)Nc2cccc(-c3csc(NC(=O)C(C(C(=O)Nc4nc(-c5cccc(NS(=O)(=O)c6ccc(CCCCC)cc6)c5)cs4)N4CCN(CCO)CC4)N4CCN(C)CC4)n3)c2)cc1. The number of nitrogens with zero attached hydrogens (tertiary/aromatic N) is 6. The number of anilines is 4. The number of carbonyl (C=O) groups is 2. The zero-order valence-corrected chi connectivity index (χ0v) is 46.8. The third-order valence-corrected chi connectivity index (χ3v) is 18.2. The molecule has 2 aliphatic rings. The molecule has 6 aromatic rings. The van der Waals surface area contributed by atoms with Crippen LogP contribution >= 0.6 is 22.7 Å². The molecule has 2 fully saturated rings. The maximum Gasteiger partial charge on any atom is 0.261 e. The number of carbonyl (C=O) groups excluding carboxylic acids is 2. The van der Waals surface area contributed by atoms with Crippen LogP contribution in [0.5, 0.6) is 0 Å². The third-order valence-electron chi connectivity index (χ3n) is 13.9. The number of amides is 2. The zero-order valence-electron chi connectivity index (χ0n) is 43.5. The van der Waals surface area contributed by atoms with Crippen LogP contribution in [0.2, 0.25) is 0 Å². The molecule has 76 heavy (non-hydrogen) atoms. The van der Waals surface area contributed by atoms with Gasteiger partial charge in [0.05, 0.1) is 27.8 Å². The quantitative estimate of drug-likeness (QED) is 0.0343. The van der Waals surface area contributed by atoms with Crippen molar-refractivity contribution in [1.29, 1.82) is 0 Å². The number of hydrogen-bond donors (Lipinski definition) is 5. The molecule has 2 aromatic heterocycles. The lowest BCUT2D eigenvalue weighted by Crippen LogP contribution is -2.66. The second-order valence-corrected chi connectivity index (χ2v) is 24.5. The number of aliphatic hydroxyl groups excluding tert-OH is 1. The van der Waals surface area contributed by atoms with Crippen molar-refractivity contribution < 1.29 is 31.5 Å². The summed E-state index contributed by atoms with van der Waals surface area (Å²) in [4.78, 5) is 48.3. The van der Waals surface area contributed by atoms with E-state index in [1.807, 2.05) is 48.3 Å². The summed E-state index contributed by atoms with van der Waals surface area (Å²) in [5.41, 5.74) is 5.28.